The Kier molecular flexibility index (Phi) is 7.38. The molecule has 0 fully saturated rings. The van der Waals surface area contributed by atoms with Crippen molar-refractivity contribution >= 4 is 50.3 Å². The monoisotopic (exact) mass is 535 g/mol. The number of amides is 4. The zero-order valence-electron chi connectivity index (χ0n) is 20.0. The maximum atomic E-state index is 12.8. The summed E-state index contributed by atoms with van der Waals surface area (Å²) in [5, 5.41) is 4.74. The van der Waals surface area contributed by atoms with E-state index in [-0.39, 0.29) is 21.6 Å². The Labute approximate surface area is 217 Å². The minimum atomic E-state index is -3.58. The van der Waals surface area contributed by atoms with Crippen LogP contribution in [0.2, 0.25) is 0 Å². The third kappa shape index (κ3) is 5.46. The molecule has 0 bridgehead atoms. The molecule has 0 radical (unpaired) electrons. The zero-order chi connectivity index (χ0) is 27.4. The predicted octanol–water partition coefficient (Wildman–Crippen LogP) is 1.63. The third-order valence-electron chi connectivity index (χ3n) is 5.61. The van der Waals surface area contributed by atoms with E-state index in [0.717, 1.165) is 5.56 Å². The molecule has 0 aliphatic heterocycles. The van der Waals surface area contributed by atoms with Gasteiger partial charge in [0, 0.05) is 17.6 Å². The highest BCUT2D eigenvalue weighted by Crippen LogP contribution is 2.28. The van der Waals surface area contributed by atoms with Gasteiger partial charge in [-0.05, 0) is 54.4 Å². The summed E-state index contributed by atoms with van der Waals surface area (Å²) in [6, 6.07) is 18.0. The zero-order valence-corrected chi connectivity index (χ0v) is 20.8. The number of aromatic nitrogens is 2. The molecule has 9 N–H and O–H groups in total. The number of nitrogens with zero attached hydrogens (tertiary/aromatic N) is 4. The third-order valence-corrected chi connectivity index (χ3v) is 7.40. The summed E-state index contributed by atoms with van der Waals surface area (Å²) in [5.41, 5.74) is 12.4. The number of nitrogens with two attached hydrogens (primary N) is 4. The van der Waals surface area contributed by atoms with Crippen molar-refractivity contribution in [1.82, 2.24) is 9.97 Å². The van der Waals surface area contributed by atoms with Crippen LogP contribution < -0.4 is 38.5 Å². The average molecular weight is 536 g/mol. The molecule has 0 saturated carbocycles. The second kappa shape index (κ2) is 10.7. The fourth-order valence-electron chi connectivity index (χ4n) is 3.63. The fourth-order valence-corrected chi connectivity index (χ4v) is 4.91. The van der Waals surface area contributed by atoms with Crippen molar-refractivity contribution in [2.24, 2.45) is 23.2 Å². The van der Waals surface area contributed by atoms with Gasteiger partial charge < -0.3 is 16.8 Å². The lowest BCUT2D eigenvalue weighted by Gasteiger charge is -2.19. The standard InChI is InChI=1S/C24H25N9O4S/c25-22(34)32(27)21-19-14-16(8-11-20(19)30-24(31-21)33(28)23(26)35)29-13-12-15-6-9-18(10-7-15)38(36,37)17-4-2-1-3-5-17/h1-11,14,29H,12-13,27-28H2,(H2,25,34)(H2,26,35). The lowest BCUT2D eigenvalue weighted by atomic mass is 10.1. The topological polar surface area (TPSA) is 217 Å². The lowest BCUT2D eigenvalue weighted by molar-refractivity contribution is 0.253. The number of anilines is 3. The summed E-state index contributed by atoms with van der Waals surface area (Å²) in [4.78, 5) is 31.9. The van der Waals surface area contributed by atoms with E-state index in [1.165, 1.54) is 0 Å². The molecule has 4 rings (SSSR count). The first-order chi connectivity index (χ1) is 18.1. The predicted molar refractivity (Wildman–Crippen MR) is 143 cm³/mol. The van der Waals surface area contributed by atoms with Crippen LogP contribution in [0.1, 0.15) is 5.56 Å². The smallest absolute Gasteiger partial charge is 0.336 e. The molecular formula is C24H25N9O4S. The van der Waals surface area contributed by atoms with Gasteiger partial charge in [-0.15, -0.1) is 0 Å². The minimum Gasteiger partial charge on any atom is -0.385 e. The van der Waals surface area contributed by atoms with Crippen molar-refractivity contribution in [3.63, 3.8) is 0 Å². The van der Waals surface area contributed by atoms with Gasteiger partial charge in [-0.25, -0.2) is 39.7 Å². The number of carbonyl (C=O) groups excluding carboxylic acids is 2. The van der Waals surface area contributed by atoms with Crippen molar-refractivity contribution in [3.05, 3.63) is 78.4 Å². The number of hydrazine groups is 2. The number of rotatable bonds is 8. The summed E-state index contributed by atoms with van der Waals surface area (Å²) in [6.45, 7) is 0.505. The maximum Gasteiger partial charge on any atom is 0.336 e. The number of fused-ring (bicyclic) bond motifs is 1. The van der Waals surface area contributed by atoms with Gasteiger partial charge in [0.05, 0.1) is 15.3 Å². The number of carbonyl (C=O) groups is 2. The van der Waals surface area contributed by atoms with Crippen molar-refractivity contribution in [2.45, 2.75) is 16.2 Å². The molecular weight excluding hydrogens is 510 g/mol. The molecule has 13 nitrogen and oxygen atoms in total. The Morgan fingerprint density at radius 3 is 2.08 bits per heavy atom. The highest BCUT2D eigenvalue weighted by Gasteiger charge is 2.20. The van der Waals surface area contributed by atoms with Crippen LogP contribution >= 0.6 is 0 Å². The highest BCUT2D eigenvalue weighted by molar-refractivity contribution is 7.91. The molecule has 3 aromatic carbocycles. The van der Waals surface area contributed by atoms with E-state index in [9.17, 15) is 18.0 Å². The van der Waals surface area contributed by atoms with Gasteiger partial charge in [-0.3, -0.25) is 0 Å². The molecule has 4 amide bonds. The number of urea groups is 2. The van der Waals surface area contributed by atoms with Crippen molar-refractivity contribution in [2.75, 3.05) is 21.9 Å². The van der Waals surface area contributed by atoms with Crippen molar-refractivity contribution in [1.29, 1.82) is 0 Å². The van der Waals surface area contributed by atoms with E-state index in [0.29, 0.717) is 39.6 Å². The molecule has 0 spiro atoms. The van der Waals surface area contributed by atoms with Gasteiger partial charge in [0.15, 0.2) is 5.82 Å². The molecule has 1 aromatic heterocycles. The molecule has 1 heterocycles. The minimum absolute atomic E-state index is 0.0759. The van der Waals surface area contributed by atoms with Crippen LogP contribution in [0.3, 0.4) is 0 Å². The summed E-state index contributed by atoms with van der Waals surface area (Å²) in [5.74, 6) is 11.0. The SMILES string of the molecule is NC(=O)N(N)c1nc(N(N)C(N)=O)c2cc(NCCc3ccc(S(=O)(=O)c4ccccc4)cc3)ccc2n1. The molecule has 14 heteroatoms. The fraction of sp³-hybridized carbons (Fsp3) is 0.0833. The van der Waals surface area contributed by atoms with E-state index in [4.69, 9.17) is 23.2 Å². The number of sulfone groups is 1. The Morgan fingerprint density at radius 1 is 0.816 bits per heavy atom. The Hall–Kier alpha value is -4.79. The van der Waals surface area contributed by atoms with Crippen LogP contribution in [0.15, 0.2) is 82.6 Å². The Bertz CT molecular complexity index is 1600. The van der Waals surface area contributed by atoms with Crippen LogP contribution in [0.5, 0.6) is 0 Å². The molecule has 0 unspecified atom stereocenters. The van der Waals surface area contributed by atoms with E-state index in [2.05, 4.69) is 15.3 Å². The van der Waals surface area contributed by atoms with Gasteiger partial charge in [-0.2, -0.15) is 9.99 Å². The Morgan fingerprint density at radius 2 is 1.45 bits per heavy atom. The molecule has 0 saturated heterocycles. The molecule has 196 valence electrons. The number of hydrogen-bond donors (Lipinski definition) is 5. The second-order valence-corrected chi connectivity index (χ2v) is 10.1. The first-order valence-corrected chi connectivity index (χ1v) is 12.7. The summed E-state index contributed by atoms with van der Waals surface area (Å²) in [7, 11) is -3.58. The average Bonchev–Trinajstić information content (AvgIpc) is 2.92. The molecule has 4 aromatic rings. The van der Waals surface area contributed by atoms with Crippen molar-refractivity contribution < 1.29 is 18.0 Å². The van der Waals surface area contributed by atoms with Crippen LogP contribution in [0.25, 0.3) is 10.9 Å². The lowest BCUT2D eigenvalue weighted by Crippen LogP contribution is -2.45. The van der Waals surface area contributed by atoms with E-state index < -0.39 is 21.9 Å². The summed E-state index contributed by atoms with van der Waals surface area (Å²) < 4.78 is 25.5. The molecule has 38 heavy (non-hydrogen) atoms. The van der Waals surface area contributed by atoms with Gasteiger partial charge in [0.1, 0.15) is 0 Å². The molecule has 0 aliphatic rings. The van der Waals surface area contributed by atoms with Gasteiger partial charge in [0.25, 0.3) is 5.95 Å². The first-order valence-electron chi connectivity index (χ1n) is 11.2. The number of hydrogen-bond acceptors (Lipinski definition) is 9. The number of benzene rings is 3. The van der Waals surface area contributed by atoms with Gasteiger partial charge in [0.2, 0.25) is 9.84 Å². The van der Waals surface area contributed by atoms with Gasteiger partial charge in [-0.1, -0.05) is 30.3 Å². The number of primary amides is 2. The quantitative estimate of drug-likeness (QED) is 0.126. The van der Waals surface area contributed by atoms with E-state index in [1.54, 1.807) is 72.8 Å². The molecule has 0 atom stereocenters. The van der Waals surface area contributed by atoms with Gasteiger partial charge >= 0.3 is 12.1 Å². The Balaban J connectivity index is 1.51. The normalized spacial score (nSPS) is 11.2. The maximum absolute atomic E-state index is 12.8. The van der Waals surface area contributed by atoms with Crippen LogP contribution in [-0.4, -0.2) is 37.0 Å². The van der Waals surface area contributed by atoms with Crippen LogP contribution in [0, 0.1) is 0 Å². The van der Waals surface area contributed by atoms with E-state index >= 15 is 0 Å². The first kappa shape index (κ1) is 26.3. The van der Waals surface area contributed by atoms with Crippen LogP contribution in [-0.2, 0) is 16.3 Å². The van der Waals surface area contributed by atoms with Crippen molar-refractivity contribution in [3.8, 4) is 0 Å². The summed E-state index contributed by atoms with van der Waals surface area (Å²) in [6.07, 6.45) is 0.594. The summed E-state index contributed by atoms with van der Waals surface area (Å²) >= 11 is 0. The molecule has 0 aliphatic carbocycles. The largest absolute Gasteiger partial charge is 0.385 e. The second-order valence-electron chi connectivity index (χ2n) is 8.13. The highest BCUT2D eigenvalue weighted by atomic mass is 32.2. The van der Waals surface area contributed by atoms with Crippen LogP contribution in [0.4, 0.5) is 27.0 Å². The van der Waals surface area contributed by atoms with E-state index in [1.807, 2.05) is 0 Å². The number of nitrogens with one attached hydrogen (secondary N) is 1.